The topological polar surface area (TPSA) is 149 Å². The van der Waals surface area contributed by atoms with Gasteiger partial charge in [-0.25, -0.2) is 10.2 Å². The molecule has 0 fully saturated rings. The lowest BCUT2D eigenvalue weighted by Crippen LogP contribution is -2.29. The molecule has 0 aliphatic heterocycles. The van der Waals surface area contributed by atoms with Gasteiger partial charge < -0.3 is 4.74 Å². The molecular formula is C21H19N7O5. The minimum Gasteiger partial charge on any atom is -0.492 e. The fourth-order valence-corrected chi connectivity index (χ4v) is 3.19. The molecule has 12 heteroatoms. The molecule has 168 valence electrons. The van der Waals surface area contributed by atoms with Crippen LogP contribution in [0.4, 0.5) is 11.6 Å². The summed E-state index contributed by atoms with van der Waals surface area (Å²) in [5.74, 6) is 0.872. The van der Waals surface area contributed by atoms with Gasteiger partial charge in [-0.2, -0.15) is 10.1 Å². The average Bonchev–Trinajstić information content (AvgIpc) is 3.17. The summed E-state index contributed by atoms with van der Waals surface area (Å²) in [6, 6.07) is 15.1. The highest BCUT2D eigenvalue weighted by Gasteiger charge is 2.17. The number of aromatic nitrogens is 4. The van der Waals surface area contributed by atoms with E-state index in [-0.39, 0.29) is 36.0 Å². The Morgan fingerprint density at radius 2 is 2.00 bits per heavy atom. The van der Waals surface area contributed by atoms with Gasteiger partial charge in [-0.1, -0.05) is 30.3 Å². The molecule has 12 nitrogen and oxygen atoms in total. The number of rotatable bonds is 8. The van der Waals surface area contributed by atoms with E-state index in [2.05, 4.69) is 20.5 Å². The molecule has 33 heavy (non-hydrogen) atoms. The lowest BCUT2D eigenvalue weighted by atomic mass is 10.2. The number of H-pyrrole nitrogens is 1. The summed E-state index contributed by atoms with van der Waals surface area (Å²) < 4.78 is 8.51. The van der Waals surface area contributed by atoms with Gasteiger partial charge in [-0.3, -0.25) is 29.0 Å². The molecule has 0 aliphatic rings. The van der Waals surface area contributed by atoms with Crippen molar-refractivity contribution in [3.05, 3.63) is 91.1 Å². The smallest absolute Gasteiger partial charge is 0.329 e. The summed E-state index contributed by atoms with van der Waals surface area (Å²) in [6.45, 7) is 0.461. The maximum absolute atomic E-state index is 12.5. The van der Waals surface area contributed by atoms with Crippen molar-refractivity contribution in [2.45, 2.75) is 6.54 Å². The maximum Gasteiger partial charge on any atom is 0.329 e. The predicted molar refractivity (Wildman–Crippen MR) is 122 cm³/mol. The van der Waals surface area contributed by atoms with Crippen LogP contribution in [0.5, 0.6) is 5.75 Å². The Labute approximate surface area is 185 Å². The van der Waals surface area contributed by atoms with Gasteiger partial charge in [0.25, 0.3) is 11.2 Å². The van der Waals surface area contributed by atoms with Crippen LogP contribution < -0.4 is 21.4 Å². The number of fused-ring (bicyclic) bond motifs is 1. The quantitative estimate of drug-likeness (QED) is 0.237. The lowest BCUT2D eigenvalue weighted by molar-refractivity contribution is -0.384. The number of imidazole rings is 1. The molecule has 0 unspecified atom stereocenters. The van der Waals surface area contributed by atoms with E-state index in [9.17, 15) is 19.7 Å². The van der Waals surface area contributed by atoms with Crippen LogP contribution in [0.3, 0.4) is 0 Å². The zero-order valence-corrected chi connectivity index (χ0v) is 17.5. The van der Waals surface area contributed by atoms with E-state index in [0.717, 1.165) is 0 Å². The highest BCUT2D eigenvalue weighted by atomic mass is 16.6. The number of non-ortho nitro benzene ring substituents is 1. The summed E-state index contributed by atoms with van der Waals surface area (Å²) in [5, 5.41) is 15.0. The van der Waals surface area contributed by atoms with Crippen LogP contribution in [-0.2, 0) is 13.6 Å². The first-order chi connectivity index (χ1) is 15.9. The van der Waals surface area contributed by atoms with E-state index in [0.29, 0.717) is 11.3 Å². The lowest BCUT2D eigenvalue weighted by Gasteiger charge is -2.10. The molecule has 2 aromatic heterocycles. The van der Waals surface area contributed by atoms with E-state index in [1.807, 2.05) is 30.3 Å². The van der Waals surface area contributed by atoms with Crippen molar-refractivity contribution in [3.8, 4) is 5.75 Å². The Morgan fingerprint density at radius 1 is 1.21 bits per heavy atom. The Bertz CT molecular complexity index is 1450. The molecule has 2 N–H and O–H groups in total. The largest absolute Gasteiger partial charge is 0.492 e. The fraction of sp³-hybridized carbons (Fsp3) is 0.143. The number of nitrogens with one attached hydrogen (secondary N) is 2. The second kappa shape index (κ2) is 9.18. The van der Waals surface area contributed by atoms with Crippen LogP contribution in [0.1, 0.15) is 5.56 Å². The van der Waals surface area contributed by atoms with Crippen molar-refractivity contribution in [2.24, 2.45) is 12.1 Å². The van der Waals surface area contributed by atoms with E-state index in [4.69, 9.17) is 4.74 Å². The molecule has 4 aromatic rings. The normalized spacial score (nSPS) is 11.2. The van der Waals surface area contributed by atoms with Crippen LogP contribution in [0.15, 0.2) is 69.3 Å². The highest BCUT2D eigenvalue weighted by molar-refractivity contribution is 5.81. The van der Waals surface area contributed by atoms with Crippen molar-refractivity contribution >= 4 is 29.0 Å². The predicted octanol–water partition coefficient (Wildman–Crippen LogP) is 1.86. The standard InChI is InChI=1S/C21H19N7O5/c1-26-18-17(19(29)24-21(26)30)27(10-11-33-16-8-3-2-4-9-16)20(23-18)25-22-13-14-6-5-7-15(12-14)28(31)32/h2-9,12-13H,10-11H2,1H3,(H,23,25)(H,24,29,30)/b22-13-. The van der Waals surface area contributed by atoms with Crippen LogP contribution in [-0.4, -0.2) is 36.8 Å². The number of para-hydroxylation sites is 1. The average molecular weight is 449 g/mol. The molecule has 0 saturated heterocycles. The third-order valence-corrected chi connectivity index (χ3v) is 4.79. The zero-order valence-electron chi connectivity index (χ0n) is 17.5. The second-order valence-corrected chi connectivity index (χ2v) is 6.96. The third-order valence-electron chi connectivity index (χ3n) is 4.79. The number of ether oxygens (including phenoxy) is 1. The first-order valence-electron chi connectivity index (χ1n) is 9.85. The number of anilines is 1. The van der Waals surface area contributed by atoms with E-state index in [1.54, 1.807) is 16.7 Å². The number of nitro groups is 1. The molecule has 0 saturated carbocycles. The summed E-state index contributed by atoms with van der Waals surface area (Å²) in [4.78, 5) is 41.6. The van der Waals surface area contributed by atoms with Gasteiger partial charge in [0.15, 0.2) is 11.2 Å². The Hall–Kier alpha value is -4.74. The second-order valence-electron chi connectivity index (χ2n) is 6.96. The third kappa shape index (κ3) is 4.63. The molecule has 0 amide bonds. The molecule has 4 rings (SSSR count). The minimum absolute atomic E-state index is 0.0641. The van der Waals surface area contributed by atoms with Gasteiger partial charge >= 0.3 is 5.69 Å². The van der Waals surface area contributed by atoms with Crippen molar-refractivity contribution in [2.75, 3.05) is 12.0 Å². The molecule has 0 atom stereocenters. The van der Waals surface area contributed by atoms with E-state index >= 15 is 0 Å². The summed E-state index contributed by atoms with van der Waals surface area (Å²) in [5.41, 5.74) is 2.36. The number of benzene rings is 2. The van der Waals surface area contributed by atoms with Crippen LogP contribution in [0.2, 0.25) is 0 Å². The molecule has 0 spiro atoms. The van der Waals surface area contributed by atoms with Crippen molar-refractivity contribution < 1.29 is 9.66 Å². The van der Waals surface area contributed by atoms with Gasteiger partial charge in [0.05, 0.1) is 17.7 Å². The molecule has 0 radical (unpaired) electrons. The van der Waals surface area contributed by atoms with Gasteiger partial charge in [-0.15, -0.1) is 0 Å². The Morgan fingerprint density at radius 3 is 2.76 bits per heavy atom. The SMILES string of the molecule is Cn1c(=O)[nH]c(=O)c2c1nc(N/N=C\c1cccc([N+](=O)[O-])c1)n2CCOc1ccccc1. The Balaban J connectivity index is 1.64. The minimum atomic E-state index is -0.593. The summed E-state index contributed by atoms with van der Waals surface area (Å²) >= 11 is 0. The summed E-state index contributed by atoms with van der Waals surface area (Å²) in [6.07, 6.45) is 1.39. The van der Waals surface area contributed by atoms with Crippen molar-refractivity contribution in [3.63, 3.8) is 0 Å². The zero-order chi connectivity index (χ0) is 23.4. The number of aromatic amines is 1. The Kier molecular flexibility index (Phi) is 5.98. The molecule has 2 aromatic carbocycles. The molecular weight excluding hydrogens is 430 g/mol. The molecule has 0 aliphatic carbocycles. The van der Waals surface area contributed by atoms with Gasteiger partial charge in [0.2, 0.25) is 5.95 Å². The number of hydrazone groups is 1. The van der Waals surface area contributed by atoms with Crippen LogP contribution in [0.25, 0.3) is 11.2 Å². The van der Waals surface area contributed by atoms with Gasteiger partial charge in [0, 0.05) is 24.7 Å². The van der Waals surface area contributed by atoms with E-state index < -0.39 is 16.2 Å². The van der Waals surface area contributed by atoms with Gasteiger partial charge in [-0.05, 0) is 12.1 Å². The fourth-order valence-electron chi connectivity index (χ4n) is 3.19. The van der Waals surface area contributed by atoms with Crippen molar-refractivity contribution in [1.29, 1.82) is 0 Å². The number of hydrogen-bond acceptors (Lipinski definition) is 8. The maximum atomic E-state index is 12.5. The molecule has 0 bridgehead atoms. The van der Waals surface area contributed by atoms with E-state index in [1.165, 1.54) is 30.0 Å². The van der Waals surface area contributed by atoms with Crippen LogP contribution in [0, 0.1) is 10.1 Å². The number of nitrogens with zero attached hydrogens (tertiary/aromatic N) is 5. The first-order valence-corrected chi connectivity index (χ1v) is 9.85. The van der Waals surface area contributed by atoms with Crippen molar-refractivity contribution in [1.82, 2.24) is 19.1 Å². The molecule has 2 heterocycles. The number of hydrogen-bond donors (Lipinski definition) is 2. The monoisotopic (exact) mass is 449 g/mol. The number of nitro benzene ring substituents is 1. The summed E-state index contributed by atoms with van der Waals surface area (Å²) in [7, 11) is 1.49. The highest BCUT2D eigenvalue weighted by Crippen LogP contribution is 2.17. The van der Waals surface area contributed by atoms with Gasteiger partial charge in [0.1, 0.15) is 12.4 Å². The first kappa shape index (κ1) is 21.5. The number of aryl methyl sites for hydroxylation is 1. The van der Waals surface area contributed by atoms with Crippen LogP contribution >= 0.6 is 0 Å².